The highest BCUT2D eigenvalue weighted by Crippen LogP contribution is 2.41. The summed E-state index contributed by atoms with van der Waals surface area (Å²) in [4.78, 5) is -0.375. The number of halogens is 2. The Morgan fingerprint density at radius 1 is 1.24 bits per heavy atom. The first-order valence-electron chi connectivity index (χ1n) is 7.53. The molecule has 3 rings (SSSR count). The van der Waals surface area contributed by atoms with E-state index in [0.717, 1.165) is 6.07 Å². The SMILES string of the molecule is CC1(C)CC(NS(=O)(=O)c2ccccc2F)c2cc(N)ccc2O1.Cl. The Morgan fingerprint density at radius 2 is 1.92 bits per heavy atom. The van der Waals surface area contributed by atoms with Crippen molar-refractivity contribution in [2.24, 2.45) is 0 Å². The number of hydrogen-bond acceptors (Lipinski definition) is 4. The Balaban J connectivity index is 0.00000225. The van der Waals surface area contributed by atoms with Crippen molar-refractivity contribution in [1.82, 2.24) is 4.72 Å². The Hall–Kier alpha value is -1.83. The Kier molecular flexibility index (Phi) is 5.32. The van der Waals surface area contributed by atoms with Crippen molar-refractivity contribution in [3.63, 3.8) is 0 Å². The fourth-order valence-corrected chi connectivity index (χ4v) is 4.19. The van der Waals surface area contributed by atoms with E-state index < -0.39 is 27.5 Å². The van der Waals surface area contributed by atoms with Crippen LogP contribution in [0.1, 0.15) is 31.9 Å². The molecular weight excluding hydrogens is 367 g/mol. The van der Waals surface area contributed by atoms with Crippen molar-refractivity contribution in [3.8, 4) is 5.75 Å². The largest absolute Gasteiger partial charge is 0.487 e. The topological polar surface area (TPSA) is 81.4 Å². The van der Waals surface area contributed by atoms with Gasteiger partial charge in [-0.05, 0) is 44.2 Å². The predicted octanol–water partition coefficient (Wildman–Crippen LogP) is 3.41. The van der Waals surface area contributed by atoms with Gasteiger partial charge in [0.2, 0.25) is 10.0 Å². The molecule has 3 N–H and O–H groups in total. The van der Waals surface area contributed by atoms with Gasteiger partial charge in [-0.25, -0.2) is 17.5 Å². The minimum Gasteiger partial charge on any atom is -0.487 e. The molecule has 8 heteroatoms. The molecule has 25 heavy (non-hydrogen) atoms. The molecule has 0 amide bonds. The van der Waals surface area contributed by atoms with Gasteiger partial charge in [-0.2, -0.15) is 0 Å². The summed E-state index contributed by atoms with van der Waals surface area (Å²) in [7, 11) is -4.02. The van der Waals surface area contributed by atoms with E-state index in [2.05, 4.69) is 4.72 Å². The van der Waals surface area contributed by atoms with Crippen LogP contribution in [0.5, 0.6) is 5.75 Å². The molecule has 0 aliphatic carbocycles. The molecular formula is C17H20ClFN2O3S. The van der Waals surface area contributed by atoms with E-state index in [1.54, 1.807) is 18.2 Å². The minimum absolute atomic E-state index is 0. The maximum atomic E-state index is 13.9. The van der Waals surface area contributed by atoms with Gasteiger partial charge in [0.15, 0.2) is 0 Å². The number of hydrogen-bond donors (Lipinski definition) is 2. The van der Waals surface area contributed by atoms with Gasteiger partial charge in [-0.3, -0.25) is 0 Å². The average Bonchev–Trinajstić information content (AvgIpc) is 2.47. The van der Waals surface area contributed by atoms with Gasteiger partial charge in [-0.15, -0.1) is 12.4 Å². The van der Waals surface area contributed by atoms with Crippen LogP contribution in [0.3, 0.4) is 0 Å². The number of anilines is 1. The van der Waals surface area contributed by atoms with E-state index in [9.17, 15) is 12.8 Å². The summed E-state index contributed by atoms with van der Waals surface area (Å²) < 4.78 is 47.6. The van der Waals surface area contributed by atoms with Gasteiger partial charge in [0.25, 0.3) is 0 Å². The molecule has 1 aliphatic rings. The first-order valence-corrected chi connectivity index (χ1v) is 9.02. The van der Waals surface area contributed by atoms with Gasteiger partial charge in [-0.1, -0.05) is 12.1 Å². The van der Waals surface area contributed by atoms with Crippen molar-refractivity contribution in [3.05, 3.63) is 53.8 Å². The van der Waals surface area contributed by atoms with Crippen molar-refractivity contribution >= 4 is 28.1 Å². The van der Waals surface area contributed by atoms with Crippen LogP contribution in [0.2, 0.25) is 0 Å². The summed E-state index contributed by atoms with van der Waals surface area (Å²) in [6.07, 6.45) is 0.400. The van der Waals surface area contributed by atoms with Crippen LogP contribution in [0.15, 0.2) is 47.4 Å². The second-order valence-corrected chi connectivity index (χ2v) is 8.15. The number of rotatable bonds is 3. The molecule has 5 nitrogen and oxygen atoms in total. The number of nitrogens with one attached hydrogen (secondary N) is 1. The maximum absolute atomic E-state index is 13.9. The molecule has 0 aromatic heterocycles. The molecule has 136 valence electrons. The highest BCUT2D eigenvalue weighted by Gasteiger charge is 2.36. The molecule has 1 heterocycles. The van der Waals surface area contributed by atoms with E-state index in [0.29, 0.717) is 23.4 Å². The highest BCUT2D eigenvalue weighted by atomic mass is 35.5. The first-order chi connectivity index (χ1) is 11.2. The molecule has 0 fully saturated rings. The third kappa shape index (κ3) is 4.05. The zero-order chi connectivity index (χ0) is 17.5. The van der Waals surface area contributed by atoms with Crippen LogP contribution in [0, 0.1) is 5.82 Å². The average molecular weight is 387 g/mol. The fourth-order valence-electron chi connectivity index (χ4n) is 2.89. The van der Waals surface area contributed by atoms with Crippen LogP contribution in [0.25, 0.3) is 0 Å². The Labute approximate surface area is 152 Å². The van der Waals surface area contributed by atoms with Crippen molar-refractivity contribution in [1.29, 1.82) is 0 Å². The number of nitrogen functional groups attached to an aromatic ring is 1. The van der Waals surface area contributed by atoms with Gasteiger partial charge in [0.05, 0.1) is 6.04 Å². The lowest BCUT2D eigenvalue weighted by atomic mass is 9.90. The first kappa shape index (κ1) is 19.5. The number of nitrogens with two attached hydrogens (primary N) is 1. The zero-order valence-corrected chi connectivity index (χ0v) is 15.5. The Morgan fingerprint density at radius 3 is 2.60 bits per heavy atom. The molecule has 1 atom stereocenters. The van der Waals surface area contributed by atoms with E-state index >= 15 is 0 Å². The molecule has 0 spiro atoms. The summed E-state index contributed by atoms with van der Waals surface area (Å²) in [6, 6.07) is 9.82. The molecule has 0 saturated carbocycles. The number of sulfonamides is 1. The minimum atomic E-state index is -4.02. The van der Waals surface area contributed by atoms with Gasteiger partial charge < -0.3 is 10.5 Å². The van der Waals surface area contributed by atoms with Gasteiger partial charge in [0.1, 0.15) is 22.1 Å². The van der Waals surface area contributed by atoms with Crippen LogP contribution in [-0.4, -0.2) is 14.0 Å². The molecule has 1 unspecified atom stereocenters. The Bertz CT molecular complexity index is 887. The van der Waals surface area contributed by atoms with E-state index in [1.165, 1.54) is 18.2 Å². The fraction of sp³-hybridized carbons (Fsp3) is 0.294. The number of benzene rings is 2. The lowest BCUT2D eigenvalue weighted by molar-refractivity contribution is 0.0702. The summed E-state index contributed by atoms with van der Waals surface area (Å²) >= 11 is 0. The summed E-state index contributed by atoms with van der Waals surface area (Å²) in [5.74, 6) is -0.217. The molecule has 2 aromatic carbocycles. The normalized spacial score (nSPS) is 18.6. The lowest BCUT2D eigenvalue weighted by Crippen LogP contribution is -2.41. The lowest BCUT2D eigenvalue weighted by Gasteiger charge is -2.37. The maximum Gasteiger partial charge on any atom is 0.244 e. The highest BCUT2D eigenvalue weighted by molar-refractivity contribution is 7.89. The zero-order valence-electron chi connectivity index (χ0n) is 13.8. The summed E-state index contributed by atoms with van der Waals surface area (Å²) in [5.41, 5.74) is 6.41. The van der Waals surface area contributed by atoms with Gasteiger partial charge >= 0.3 is 0 Å². The molecule has 2 aromatic rings. The monoisotopic (exact) mass is 386 g/mol. The second kappa shape index (κ2) is 6.82. The van der Waals surface area contributed by atoms with Crippen LogP contribution < -0.4 is 15.2 Å². The number of ether oxygens (including phenoxy) is 1. The van der Waals surface area contributed by atoms with Crippen LogP contribution >= 0.6 is 12.4 Å². The third-order valence-electron chi connectivity index (χ3n) is 3.91. The molecule has 0 saturated heterocycles. The smallest absolute Gasteiger partial charge is 0.244 e. The van der Waals surface area contributed by atoms with Crippen LogP contribution in [0.4, 0.5) is 10.1 Å². The standard InChI is InChI=1S/C17H19FN2O3S.ClH/c1-17(2)10-14(12-9-11(19)7-8-15(12)23-17)20-24(21,22)16-6-4-3-5-13(16)18;/h3-9,14,20H,10,19H2,1-2H3;1H. The molecule has 0 bridgehead atoms. The van der Waals surface area contributed by atoms with Gasteiger partial charge in [0, 0.05) is 17.7 Å². The van der Waals surface area contributed by atoms with Crippen LogP contribution in [-0.2, 0) is 10.0 Å². The molecule has 0 radical (unpaired) electrons. The van der Waals surface area contributed by atoms with Crippen molar-refractivity contribution in [2.45, 2.75) is 36.8 Å². The molecule has 1 aliphatic heterocycles. The van der Waals surface area contributed by atoms with E-state index in [1.807, 2.05) is 13.8 Å². The van der Waals surface area contributed by atoms with E-state index in [4.69, 9.17) is 10.5 Å². The summed E-state index contributed by atoms with van der Waals surface area (Å²) in [6.45, 7) is 3.74. The second-order valence-electron chi connectivity index (χ2n) is 6.47. The predicted molar refractivity (Wildman–Crippen MR) is 96.9 cm³/mol. The van der Waals surface area contributed by atoms with Crippen molar-refractivity contribution < 1.29 is 17.5 Å². The quantitative estimate of drug-likeness (QED) is 0.792. The number of fused-ring (bicyclic) bond motifs is 1. The van der Waals surface area contributed by atoms with E-state index in [-0.39, 0.29) is 17.3 Å². The van der Waals surface area contributed by atoms with Crippen molar-refractivity contribution in [2.75, 3.05) is 5.73 Å². The summed E-state index contributed by atoms with van der Waals surface area (Å²) in [5, 5.41) is 0. The third-order valence-corrected chi connectivity index (χ3v) is 5.42.